The SMILES string of the molecule is C=C(OC)c1cnn2c(Br)c(OCc3ccccc3)ccc12. The van der Waals surface area contributed by atoms with Crippen LogP contribution in [0.25, 0.3) is 11.3 Å². The van der Waals surface area contributed by atoms with Crippen molar-refractivity contribution < 1.29 is 9.47 Å². The molecule has 0 saturated heterocycles. The minimum atomic E-state index is 0.504. The van der Waals surface area contributed by atoms with Crippen LogP contribution in [0, 0.1) is 0 Å². The van der Waals surface area contributed by atoms with E-state index >= 15 is 0 Å². The number of nitrogens with zero attached hydrogens (tertiary/aromatic N) is 2. The van der Waals surface area contributed by atoms with E-state index in [1.54, 1.807) is 17.8 Å². The van der Waals surface area contributed by atoms with Gasteiger partial charge in [-0.3, -0.25) is 0 Å². The largest absolute Gasteiger partial charge is 0.497 e. The lowest BCUT2D eigenvalue weighted by Gasteiger charge is -2.10. The highest BCUT2D eigenvalue weighted by Gasteiger charge is 2.13. The van der Waals surface area contributed by atoms with E-state index < -0.39 is 0 Å². The van der Waals surface area contributed by atoms with Crippen LogP contribution in [0.2, 0.25) is 0 Å². The highest BCUT2D eigenvalue weighted by Crippen LogP contribution is 2.30. The zero-order valence-corrected chi connectivity index (χ0v) is 13.7. The van der Waals surface area contributed by atoms with Crippen molar-refractivity contribution in [3.05, 3.63) is 71.0 Å². The first-order valence-electron chi connectivity index (χ1n) is 6.77. The minimum Gasteiger partial charge on any atom is -0.497 e. The summed E-state index contributed by atoms with van der Waals surface area (Å²) in [6.45, 7) is 4.38. The molecule has 0 amide bonds. The Hall–Kier alpha value is -2.27. The van der Waals surface area contributed by atoms with Gasteiger partial charge < -0.3 is 9.47 Å². The fourth-order valence-corrected chi connectivity index (χ4v) is 2.70. The number of hydrogen-bond donors (Lipinski definition) is 0. The highest BCUT2D eigenvalue weighted by atomic mass is 79.9. The van der Waals surface area contributed by atoms with Crippen LogP contribution in [0.15, 0.2) is 59.8 Å². The van der Waals surface area contributed by atoms with Crippen molar-refractivity contribution in [3.8, 4) is 5.75 Å². The molecular weight excluding hydrogens is 344 g/mol. The average molecular weight is 359 g/mol. The molecule has 5 heteroatoms. The summed E-state index contributed by atoms with van der Waals surface area (Å²) in [5, 5.41) is 4.35. The maximum absolute atomic E-state index is 5.87. The second kappa shape index (κ2) is 6.23. The molecular formula is C17H15BrN2O2. The predicted octanol–water partition coefficient (Wildman–Crippen LogP) is 4.29. The molecule has 0 aliphatic heterocycles. The van der Waals surface area contributed by atoms with E-state index in [9.17, 15) is 0 Å². The number of pyridine rings is 1. The first kappa shape index (κ1) is 14.7. The standard InChI is InChI=1S/C17H15BrN2O2/c1-12(21-2)14-10-19-20-15(14)8-9-16(17(20)18)22-11-13-6-4-3-5-7-13/h3-10H,1,11H2,2H3. The minimum absolute atomic E-state index is 0.504. The summed E-state index contributed by atoms with van der Waals surface area (Å²) >= 11 is 3.54. The summed E-state index contributed by atoms with van der Waals surface area (Å²) in [7, 11) is 1.60. The van der Waals surface area contributed by atoms with Crippen LogP contribution in [-0.2, 0) is 11.3 Å². The maximum Gasteiger partial charge on any atom is 0.152 e. The van der Waals surface area contributed by atoms with E-state index in [1.807, 2.05) is 42.5 Å². The predicted molar refractivity (Wildman–Crippen MR) is 89.7 cm³/mol. The topological polar surface area (TPSA) is 35.8 Å². The summed E-state index contributed by atoms with van der Waals surface area (Å²) in [4.78, 5) is 0. The lowest BCUT2D eigenvalue weighted by Crippen LogP contribution is -1.99. The van der Waals surface area contributed by atoms with Crippen molar-refractivity contribution in [1.82, 2.24) is 9.61 Å². The first-order valence-corrected chi connectivity index (χ1v) is 7.56. The number of hydrogen-bond acceptors (Lipinski definition) is 3. The Bertz CT molecular complexity index is 812. The van der Waals surface area contributed by atoms with Crippen LogP contribution < -0.4 is 4.74 Å². The molecule has 0 spiro atoms. The fourth-order valence-electron chi connectivity index (χ4n) is 2.17. The molecule has 0 bridgehead atoms. The Morgan fingerprint density at radius 3 is 2.73 bits per heavy atom. The van der Waals surface area contributed by atoms with Gasteiger partial charge in [-0.05, 0) is 33.6 Å². The summed E-state index contributed by atoms with van der Waals surface area (Å²) in [5.41, 5.74) is 2.88. The van der Waals surface area contributed by atoms with Gasteiger partial charge in [-0.25, -0.2) is 4.52 Å². The van der Waals surface area contributed by atoms with Crippen LogP contribution in [0.5, 0.6) is 5.75 Å². The molecule has 3 aromatic rings. The Kier molecular flexibility index (Phi) is 4.15. The molecule has 0 atom stereocenters. The van der Waals surface area contributed by atoms with E-state index in [0.29, 0.717) is 12.4 Å². The van der Waals surface area contributed by atoms with Crippen LogP contribution in [0.3, 0.4) is 0 Å². The van der Waals surface area contributed by atoms with Crippen molar-refractivity contribution in [2.45, 2.75) is 6.61 Å². The van der Waals surface area contributed by atoms with Crippen LogP contribution in [-0.4, -0.2) is 16.7 Å². The van der Waals surface area contributed by atoms with Gasteiger partial charge in [0, 0.05) is 0 Å². The fraction of sp³-hybridized carbons (Fsp3) is 0.118. The normalized spacial score (nSPS) is 10.6. The lowest BCUT2D eigenvalue weighted by molar-refractivity contribution is 0.302. The van der Waals surface area contributed by atoms with Gasteiger partial charge in [0.05, 0.1) is 24.4 Å². The van der Waals surface area contributed by atoms with Crippen LogP contribution in [0.4, 0.5) is 0 Å². The molecule has 1 aromatic carbocycles. The third-order valence-corrected chi connectivity index (χ3v) is 4.10. The number of ether oxygens (including phenoxy) is 2. The highest BCUT2D eigenvalue weighted by molar-refractivity contribution is 9.10. The molecule has 3 rings (SSSR count). The number of aromatic nitrogens is 2. The van der Waals surface area contributed by atoms with Crippen LogP contribution >= 0.6 is 15.9 Å². The Morgan fingerprint density at radius 1 is 1.23 bits per heavy atom. The van der Waals surface area contributed by atoms with Crippen molar-refractivity contribution in [2.75, 3.05) is 7.11 Å². The quantitative estimate of drug-likeness (QED) is 0.504. The summed E-state index contributed by atoms with van der Waals surface area (Å²) in [6.07, 6.45) is 1.73. The Morgan fingerprint density at radius 2 is 2.00 bits per heavy atom. The van der Waals surface area contributed by atoms with Gasteiger partial charge in [0.25, 0.3) is 0 Å². The summed E-state index contributed by atoms with van der Waals surface area (Å²) in [5.74, 6) is 1.31. The van der Waals surface area contributed by atoms with Crippen molar-refractivity contribution in [3.63, 3.8) is 0 Å². The van der Waals surface area contributed by atoms with E-state index in [-0.39, 0.29) is 0 Å². The van der Waals surface area contributed by atoms with Gasteiger partial charge >= 0.3 is 0 Å². The maximum atomic E-state index is 5.87. The number of benzene rings is 1. The molecule has 0 saturated carbocycles. The molecule has 0 aliphatic rings. The number of fused-ring (bicyclic) bond motifs is 1. The van der Waals surface area contributed by atoms with Gasteiger partial charge in [0.1, 0.15) is 17.0 Å². The van der Waals surface area contributed by atoms with Gasteiger partial charge in [0.2, 0.25) is 0 Å². The summed E-state index contributed by atoms with van der Waals surface area (Å²) in [6, 6.07) is 13.9. The average Bonchev–Trinajstić information content (AvgIpc) is 2.99. The van der Waals surface area contributed by atoms with Crippen LogP contribution in [0.1, 0.15) is 11.1 Å². The molecule has 2 heterocycles. The third-order valence-electron chi connectivity index (χ3n) is 3.37. The second-order valence-electron chi connectivity index (χ2n) is 4.75. The van der Waals surface area contributed by atoms with Crippen molar-refractivity contribution in [1.29, 1.82) is 0 Å². The molecule has 0 N–H and O–H groups in total. The van der Waals surface area contributed by atoms with Crippen molar-refractivity contribution in [2.24, 2.45) is 0 Å². The molecule has 4 nitrogen and oxygen atoms in total. The molecule has 0 unspecified atom stereocenters. The molecule has 0 aliphatic carbocycles. The van der Waals surface area contributed by atoms with Gasteiger partial charge in [-0.1, -0.05) is 36.9 Å². The van der Waals surface area contributed by atoms with E-state index in [4.69, 9.17) is 9.47 Å². The molecule has 0 radical (unpaired) electrons. The molecule has 2 aromatic heterocycles. The first-order chi connectivity index (χ1) is 10.7. The van der Waals surface area contributed by atoms with E-state index in [2.05, 4.69) is 27.6 Å². The van der Waals surface area contributed by atoms with Gasteiger partial charge in [0.15, 0.2) is 5.75 Å². The monoisotopic (exact) mass is 358 g/mol. The molecule has 22 heavy (non-hydrogen) atoms. The second-order valence-corrected chi connectivity index (χ2v) is 5.50. The zero-order valence-electron chi connectivity index (χ0n) is 12.1. The van der Waals surface area contributed by atoms with Gasteiger partial charge in [-0.15, -0.1) is 0 Å². The van der Waals surface area contributed by atoms with E-state index in [0.717, 1.165) is 27.0 Å². The Labute approximate surface area is 137 Å². The third kappa shape index (κ3) is 2.72. The van der Waals surface area contributed by atoms with Gasteiger partial charge in [-0.2, -0.15) is 5.10 Å². The Balaban J connectivity index is 1.89. The number of rotatable bonds is 5. The smallest absolute Gasteiger partial charge is 0.152 e. The van der Waals surface area contributed by atoms with E-state index in [1.165, 1.54) is 0 Å². The molecule has 0 fully saturated rings. The summed E-state index contributed by atoms with van der Waals surface area (Å²) < 4.78 is 13.6. The number of halogens is 1. The zero-order chi connectivity index (χ0) is 15.5. The molecule has 112 valence electrons. The number of methoxy groups -OCH3 is 1. The van der Waals surface area contributed by atoms with Crippen molar-refractivity contribution >= 4 is 27.2 Å². The lowest BCUT2D eigenvalue weighted by atomic mass is 10.2.